The summed E-state index contributed by atoms with van der Waals surface area (Å²) in [5.74, 6) is 1.44. The van der Waals surface area contributed by atoms with Gasteiger partial charge in [-0.1, -0.05) is 6.92 Å². The highest BCUT2D eigenvalue weighted by molar-refractivity contribution is 5.94. The predicted molar refractivity (Wildman–Crippen MR) is 86.2 cm³/mol. The number of piperidine rings is 1. The number of amides is 1. The first-order chi connectivity index (χ1) is 10.6. The van der Waals surface area contributed by atoms with Gasteiger partial charge in [0.05, 0.1) is 7.11 Å². The fourth-order valence-electron chi connectivity index (χ4n) is 3.04. The molecule has 0 radical (unpaired) electrons. The molecule has 1 amide bonds. The van der Waals surface area contributed by atoms with Gasteiger partial charge in [-0.15, -0.1) is 0 Å². The van der Waals surface area contributed by atoms with Gasteiger partial charge in [-0.05, 0) is 49.4 Å². The summed E-state index contributed by atoms with van der Waals surface area (Å²) < 4.78 is 5.12. The summed E-state index contributed by atoms with van der Waals surface area (Å²) in [6.45, 7) is 3.50. The lowest BCUT2D eigenvalue weighted by molar-refractivity contribution is -0.120. The quantitative estimate of drug-likeness (QED) is 0.810. The number of benzene rings is 1. The van der Waals surface area contributed by atoms with Crippen molar-refractivity contribution in [1.82, 2.24) is 4.90 Å². The molecule has 0 bridgehead atoms. The first kappa shape index (κ1) is 16.5. The number of ether oxygens (including phenoxy) is 1. The van der Waals surface area contributed by atoms with Gasteiger partial charge in [0.1, 0.15) is 11.5 Å². The molecule has 2 rings (SSSR count). The third kappa shape index (κ3) is 4.33. The fraction of sp³-hybridized carbons (Fsp3) is 0.556. The molecule has 22 heavy (non-hydrogen) atoms. The molecular formula is C18H25NO3. The van der Waals surface area contributed by atoms with E-state index in [4.69, 9.17) is 4.74 Å². The van der Waals surface area contributed by atoms with Gasteiger partial charge in [0.15, 0.2) is 0 Å². The van der Waals surface area contributed by atoms with E-state index in [1.807, 2.05) is 11.8 Å². The van der Waals surface area contributed by atoms with E-state index in [0.29, 0.717) is 36.7 Å². The number of methoxy groups -OCH3 is 1. The Labute approximate surface area is 132 Å². The average molecular weight is 303 g/mol. The Kier molecular flexibility index (Phi) is 5.99. The van der Waals surface area contributed by atoms with Crippen LogP contribution < -0.4 is 4.74 Å². The van der Waals surface area contributed by atoms with Crippen LogP contribution in [0.1, 0.15) is 49.4 Å². The number of hydrogen-bond donors (Lipinski definition) is 0. The minimum absolute atomic E-state index is 0.0512. The number of rotatable bonds is 6. The normalized spacial score (nSPS) is 18.1. The Balaban J connectivity index is 1.95. The van der Waals surface area contributed by atoms with Crippen LogP contribution in [0.4, 0.5) is 0 Å². The molecule has 1 aromatic carbocycles. The lowest BCUT2D eigenvalue weighted by Crippen LogP contribution is -2.40. The van der Waals surface area contributed by atoms with Crippen molar-refractivity contribution in [3.8, 4) is 5.75 Å². The van der Waals surface area contributed by atoms with Crippen LogP contribution in [0.5, 0.6) is 5.75 Å². The summed E-state index contributed by atoms with van der Waals surface area (Å²) in [7, 11) is 1.61. The molecule has 1 aliphatic rings. The van der Waals surface area contributed by atoms with Crippen LogP contribution in [0, 0.1) is 5.92 Å². The van der Waals surface area contributed by atoms with E-state index in [1.54, 1.807) is 31.4 Å². The molecule has 1 saturated heterocycles. The third-order valence-corrected chi connectivity index (χ3v) is 4.19. The van der Waals surface area contributed by atoms with E-state index in [2.05, 4.69) is 0 Å². The van der Waals surface area contributed by atoms with E-state index in [0.717, 1.165) is 31.6 Å². The first-order valence-electron chi connectivity index (χ1n) is 8.09. The fourth-order valence-corrected chi connectivity index (χ4v) is 3.04. The first-order valence-corrected chi connectivity index (χ1v) is 8.09. The highest BCUT2D eigenvalue weighted by Crippen LogP contribution is 2.23. The number of nitrogens with zero attached hydrogens (tertiary/aromatic N) is 1. The van der Waals surface area contributed by atoms with Crippen molar-refractivity contribution in [2.24, 2.45) is 5.92 Å². The van der Waals surface area contributed by atoms with Crippen molar-refractivity contribution in [1.29, 1.82) is 0 Å². The number of Topliss-reactive ketones (excluding diaryl/α,β-unsaturated/α-hetero) is 1. The molecule has 1 heterocycles. The van der Waals surface area contributed by atoms with Crippen LogP contribution in [0.25, 0.3) is 0 Å². The molecule has 120 valence electrons. The van der Waals surface area contributed by atoms with Crippen LogP contribution in [-0.4, -0.2) is 36.8 Å². The number of likely N-dealkylation sites (tertiary alicyclic amines) is 1. The molecule has 4 nitrogen and oxygen atoms in total. The summed E-state index contributed by atoms with van der Waals surface area (Å²) in [6, 6.07) is 7.21. The maximum absolute atomic E-state index is 12.6. The second-order valence-corrected chi connectivity index (χ2v) is 5.98. The summed E-state index contributed by atoms with van der Waals surface area (Å²) in [6.07, 6.45) is 4.19. The van der Waals surface area contributed by atoms with Gasteiger partial charge >= 0.3 is 0 Å². The average Bonchev–Trinajstić information content (AvgIpc) is 2.54. The van der Waals surface area contributed by atoms with Crippen molar-refractivity contribution in [3.63, 3.8) is 0 Å². The maximum atomic E-state index is 12.6. The zero-order chi connectivity index (χ0) is 15.9. The second-order valence-electron chi connectivity index (χ2n) is 5.98. The SMILES string of the molecule is CCCC(=O)CC1CCCN(C(=O)c2ccc(OC)cc2)C1. The summed E-state index contributed by atoms with van der Waals surface area (Å²) >= 11 is 0. The molecule has 1 aromatic rings. The van der Waals surface area contributed by atoms with Gasteiger partial charge in [0, 0.05) is 31.5 Å². The zero-order valence-electron chi connectivity index (χ0n) is 13.5. The molecule has 4 heteroatoms. The standard InChI is InChI=1S/C18H25NO3/c1-3-5-16(20)12-14-6-4-11-19(13-14)18(21)15-7-9-17(22-2)10-8-15/h7-10,14H,3-6,11-13H2,1-2H3. The summed E-state index contributed by atoms with van der Waals surface area (Å²) in [5, 5.41) is 0. The Morgan fingerprint density at radius 3 is 2.64 bits per heavy atom. The Hall–Kier alpha value is -1.84. The zero-order valence-corrected chi connectivity index (χ0v) is 13.5. The van der Waals surface area contributed by atoms with E-state index >= 15 is 0 Å². The van der Waals surface area contributed by atoms with Crippen molar-refractivity contribution >= 4 is 11.7 Å². The molecule has 1 aliphatic heterocycles. The van der Waals surface area contributed by atoms with Crippen molar-refractivity contribution in [2.45, 2.75) is 39.0 Å². The van der Waals surface area contributed by atoms with Crippen molar-refractivity contribution < 1.29 is 14.3 Å². The van der Waals surface area contributed by atoms with Crippen molar-refractivity contribution in [2.75, 3.05) is 20.2 Å². The summed E-state index contributed by atoms with van der Waals surface area (Å²) in [4.78, 5) is 26.3. The minimum Gasteiger partial charge on any atom is -0.497 e. The molecule has 0 saturated carbocycles. The van der Waals surface area contributed by atoms with Crippen LogP contribution in [-0.2, 0) is 4.79 Å². The van der Waals surface area contributed by atoms with E-state index in [1.165, 1.54) is 0 Å². The Bertz CT molecular complexity index is 510. The summed E-state index contributed by atoms with van der Waals surface area (Å²) in [5.41, 5.74) is 0.682. The predicted octanol–water partition coefficient (Wildman–Crippen LogP) is 3.31. The highest BCUT2D eigenvalue weighted by atomic mass is 16.5. The number of ketones is 1. The number of carbonyl (C=O) groups excluding carboxylic acids is 2. The van der Waals surface area contributed by atoms with Crippen LogP contribution >= 0.6 is 0 Å². The smallest absolute Gasteiger partial charge is 0.253 e. The van der Waals surface area contributed by atoms with E-state index in [-0.39, 0.29) is 5.91 Å². The molecule has 1 fully saturated rings. The van der Waals surface area contributed by atoms with Gasteiger partial charge in [0.25, 0.3) is 5.91 Å². The molecular weight excluding hydrogens is 278 g/mol. The molecule has 1 atom stereocenters. The highest BCUT2D eigenvalue weighted by Gasteiger charge is 2.25. The molecule has 0 aromatic heterocycles. The van der Waals surface area contributed by atoms with Gasteiger partial charge in [-0.2, -0.15) is 0 Å². The molecule has 0 aliphatic carbocycles. The van der Waals surface area contributed by atoms with Gasteiger partial charge in [-0.3, -0.25) is 9.59 Å². The van der Waals surface area contributed by atoms with E-state index < -0.39 is 0 Å². The Morgan fingerprint density at radius 2 is 2.00 bits per heavy atom. The molecule has 0 N–H and O–H groups in total. The van der Waals surface area contributed by atoms with Crippen LogP contribution in [0.2, 0.25) is 0 Å². The Morgan fingerprint density at radius 1 is 1.27 bits per heavy atom. The second kappa shape index (κ2) is 7.97. The van der Waals surface area contributed by atoms with Crippen LogP contribution in [0.3, 0.4) is 0 Å². The minimum atomic E-state index is 0.0512. The maximum Gasteiger partial charge on any atom is 0.253 e. The molecule has 0 spiro atoms. The third-order valence-electron chi connectivity index (χ3n) is 4.19. The lowest BCUT2D eigenvalue weighted by atomic mass is 9.91. The van der Waals surface area contributed by atoms with Crippen LogP contribution in [0.15, 0.2) is 24.3 Å². The number of hydrogen-bond acceptors (Lipinski definition) is 3. The topological polar surface area (TPSA) is 46.6 Å². The monoisotopic (exact) mass is 303 g/mol. The van der Waals surface area contributed by atoms with Gasteiger partial charge < -0.3 is 9.64 Å². The largest absolute Gasteiger partial charge is 0.497 e. The van der Waals surface area contributed by atoms with Crippen molar-refractivity contribution in [3.05, 3.63) is 29.8 Å². The number of carbonyl (C=O) groups is 2. The molecule has 1 unspecified atom stereocenters. The van der Waals surface area contributed by atoms with E-state index in [9.17, 15) is 9.59 Å². The van der Waals surface area contributed by atoms with Gasteiger partial charge in [0.2, 0.25) is 0 Å². The van der Waals surface area contributed by atoms with Gasteiger partial charge in [-0.25, -0.2) is 0 Å². The lowest BCUT2D eigenvalue weighted by Gasteiger charge is -2.32.